The van der Waals surface area contributed by atoms with Crippen LogP contribution in [0.25, 0.3) is 22.6 Å². The minimum absolute atomic E-state index is 0.0429. The summed E-state index contributed by atoms with van der Waals surface area (Å²) in [6.45, 7) is 11.8. The quantitative estimate of drug-likeness (QED) is 0.0236. The van der Waals surface area contributed by atoms with Gasteiger partial charge >= 0.3 is 6.09 Å². The number of amides is 3. The molecule has 6 rings (SSSR count). The molecule has 1 saturated heterocycles. The minimum Gasteiger partial charge on any atom is -0.449 e. The highest BCUT2D eigenvalue weighted by Gasteiger charge is 2.48. The van der Waals surface area contributed by atoms with Crippen LogP contribution in [0, 0.1) is 17.8 Å². The summed E-state index contributed by atoms with van der Waals surface area (Å²) in [4.78, 5) is 47.6. The molecule has 1 aromatic carbocycles. The van der Waals surface area contributed by atoms with E-state index in [2.05, 4.69) is 49.7 Å². The number of benzene rings is 1. The molecule has 458 valence electrons. The Bertz CT molecular complexity index is 2440. The topological polar surface area (TPSA) is 288 Å². The predicted octanol–water partition coefficient (Wildman–Crippen LogP) is 5.49. The normalized spacial score (nSPS) is 19.7. The van der Waals surface area contributed by atoms with Gasteiger partial charge < -0.3 is 73.9 Å². The number of nitrogens with zero attached hydrogens (tertiary/aromatic N) is 5. The SMILES string of the molecule is C=CCCC1C(CCCC)[C@@H]1COC(=O)NCCOCCOCCOCCOCCOCCOCCC(=O)NCCCC[C@@H](C(=O)Nc1ccc(CCO[C@@H]2O[C@H](CO)[C@@H](O)C[C@H]2O)cc1)n1cc(-c2ccnc(-c3ccccn3)c2)nn1. The van der Waals surface area contributed by atoms with Crippen molar-refractivity contribution in [3.8, 4) is 22.6 Å². The van der Waals surface area contributed by atoms with Gasteiger partial charge in [0, 0.05) is 49.6 Å². The van der Waals surface area contributed by atoms with Gasteiger partial charge in [-0.25, -0.2) is 9.48 Å². The maximum atomic E-state index is 14.0. The van der Waals surface area contributed by atoms with Crippen LogP contribution in [0.15, 0.2) is 85.8 Å². The Balaban J connectivity index is 0.770. The summed E-state index contributed by atoms with van der Waals surface area (Å²) < 4.78 is 51.6. The van der Waals surface area contributed by atoms with E-state index in [1.807, 2.05) is 48.5 Å². The van der Waals surface area contributed by atoms with Crippen LogP contribution in [0.2, 0.25) is 0 Å². The van der Waals surface area contributed by atoms with Crippen LogP contribution in [0.4, 0.5) is 10.5 Å². The molecule has 8 atom stereocenters. The van der Waals surface area contributed by atoms with Crippen LogP contribution in [0.3, 0.4) is 0 Å². The van der Waals surface area contributed by atoms with Gasteiger partial charge in [0.05, 0.1) is 123 Å². The Kier molecular flexibility index (Phi) is 31.1. The van der Waals surface area contributed by atoms with Crippen molar-refractivity contribution >= 4 is 23.6 Å². The zero-order valence-corrected chi connectivity index (χ0v) is 48.1. The minimum atomic E-state index is -1.02. The molecule has 23 heteroatoms. The number of alkyl carbamates (subject to hydrolysis) is 1. The molecule has 3 aromatic heterocycles. The van der Waals surface area contributed by atoms with E-state index in [0.29, 0.717) is 159 Å². The number of hydrogen-bond donors (Lipinski definition) is 6. The van der Waals surface area contributed by atoms with Gasteiger partial charge in [-0.1, -0.05) is 49.3 Å². The largest absolute Gasteiger partial charge is 0.449 e. The third-order valence-corrected chi connectivity index (χ3v) is 14.3. The second kappa shape index (κ2) is 38.9. The van der Waals surface area contributed by atoms with Gasteiger partial charge in [-0.05, 0) is 105 Å². The summed E-state index contributed by atoms with van der Waals surface area (Å²) >= 11 is 0. The molecule has 3 amide bonds. The van der Waals surface area contributed by atoms with Gasteiger partial charge in [0.25, 0.3) is 0 Å². The molecule has 4 aromatic rings. The third-order valence-electron chi connectivity index (χ3n) is 14.3. The number of anilines is 1. The molecule has 0 bridgehead atoms. The summed E-state index contributed by atoms with van der Waals surface area (Å²) in [6.07, 6.45) is 11.0. The first kappa shape index (κ1) is 66.3. The number of carbonyl (C=O) groups excluding carboxylic acids is 3. The second-order valence-corrected chi connectivity index (χ2v) is 20.4. The van der Waals surface area contributed by atoms with Crippen LogP contribution in [-0.4, -0.2) is 195 Å². The van der Waals surface area contributed by atoms with Crippen LogP contribution in [0.5, 0.6) is 0 Å². The van der Waals surface area contributed by atoms with Crippen molar-refractivity contribution in [2.45, 2.75) is 108 Å². The molecule has 83 heavy (non-hydrogen) atoms. The van der Waals surface area contributed by atoms with Crippen molar-refractivity contribution in [2.75, 3.05) is 118 Å². The van der Waals surface area contributed by atoms with Crippen molar-refractivity contribution < 1.29 is 72.3 Å². The van der Waals surface area contributed by atoms with Gasteiger partial charge in [0.15, 0.2) is 6.29 Å². The van der Waals surface area contributed by atoms with E-state index in [4.69, 9.17) is 42.6 Å². The van der Waals surface area contributed by atoms with E-state index >= 15 is 0 Å². The van der Waals surface area contributed by atoms with Crippen molar-refractivity contribution in [3.05, 3.63) is 91.4 Å². The Labute approximate surface area is 487 Å². The van der Waals surface area contributed by atoms with Gasteiger partial charge in [0.1, 0.15) is 23.9 Å². The van der Waals surface area contributed by atoms with Crippen LogP contribution in [-0.2, 0) is 58.6 Å². The van der Waals surface area contributed by atoms with Crippen molar-refractivity contribution in [3.63, 3.8) is 0 Å². The summed E-state index contributed by atoms with van der Waals surface area (Å²) in [7, 11) is 0. The molecule has 1 aliphatic carbocycles. The number of rotatable bonds is 44. The highest BCUT2D eigenvalue weighted by molar-refractivity contribution is 5.93. The lowest BCUT2D eigenvalue weighted by atomic mass is 10.0. The maximum Gasteiger partial charge on any atom is 0.407 e. The monoisotopic (exact) mass is 1160 g/mol. The fraction of sp³-hybridized carbons (Fsp3) is 0.617. The fourth-order valence-corrected chi connectivity index (χ4v) is 9.61. The molecule has 23 nitrogen and oxygen atoms in total. The number of allylic oxidation sites excluding steroid dienone is 1. The molecule has 0 radical (unpaired) electrons. The highest BCUT2D eigenvalue weighted by atomic mass is 16.7. The zero-order chi connectivity index (χ0) is 58.7. The third kappa shape index (κ3) is 24.7. The van der Waals surface area contributed by atoms with E-state index < -0.39 is 36.7 Å². The Hall–Kier alpha value is -5.83. The summed E-state index contributed by atoms with van der Waals surface area (Å²) in [5.74, 6) is 1.33. The summed E-state index contributed by atoms with van der Waals surface area (Å²) in [6, 6.07) is 15.9. The smallest absolute Gasteiger partial charge is 0.407 e. The Morgan fingerprint density at radius 3 is 2.11 bits per heavy atom. The fourth-order valence-electron chi connectivity index (χ4n) is 9.61. The maximum absolute atomic E-state index is 14.0. The van der Waals surface area contributed by atoms with E-state index in [1.54, 1.807) is 35.4 Å². The lowest BCUT2D eigenvalue weighted by molar-refractivity contribution is -0.269. The van der Waals surface area contributed by atoms with Crippen LogP contribution in [0.1, 0.15) is 82.7 Å². The van der Waals surface area contributed by atoms with E-state index in [1.165, 1.54) is 19.3 Å². The molecule has 6 N–H and O–H groups in total. The molecule has 0 spiro atoms. The number of carbonyl (C=O) groups is 3. The number of hydrogen-bond acceptors (Lipinski definition) is 19. The van der Waals surface area contributed by atoms with Gasteiger partial charge in [0.2, 0.25) is 11.8 Å². The van der Waals surface area contributed by atoms with Crippen molar-refractivity contribution in [2.24, 2.45) is 17.8 Å². The highest BCUT2D eigenvalue weighted by Crippen LogP contribution is 2.52. The first-order chi connectivity index (χ1) is 40.7. The average molecular weight is 1160 g/mol. The van der Waals surface area contributed by atoms with Gasteiger partial charge in [-0.2, -0.15) is 0 Å². The number of aliphatic hydroxyl groups excluding tert-OH is 3. The molecular formula is C60H88N8O15. The standard InChI is InChI=1S/C60H88N8O15/c1-3-5-11-47-48(12-6-4-2)49(47)43-82-60(74)64-25-28-76-30-32-78-34-36-80-38-37-79-35-33-77-31-29-75-26-21-57(72)63-23-10-8-14-53(68-41-52(66-67-68)45-19-24-62-51(39-45)50-13-7-9-22-61-50)58(73)65-46-17-15-44(16-18-46)20-27-81-59-55(71)40-54(70)56(42-69)83-59/h3,7,9,13,15-19,22,24,39,41,47-49,53-56,59,69-71H,1,4-6,8,10-12,14,20-21,23,25-38,40,42-43H2,2H3,(H,63,72)(H,64,74)(H,65,73)/t47?,48?,49-,53+,54+,55-,56-,59-/m1/s1. The zero-order valence-electron chi connectivity index (χ0n) is 48.1. The first-order valence-corrected chi connectivity index (χ1v) is 29.4. The summed E-state index contributed by atoms with van der Waals surface area (Å²) in [5, 5.41) is 47.2. The number of nitrogens with one attached hydrogen (secondary N) is 3. The molecule has 1 saturated carbocycles. The lowest BCUT2D eigenvalue weighted by Crippen LogP contribution is -2.49. The van der Waals surface area contributed by atoms with Crippen LogP contribution >= 0.6 is 0 Å². The Morgan fingerprint density at radius 2 is 1.43 bits per heavy atom. The number of aromatic nitrogens is 5. The van der Waals surface area contributed by atoms with Gasteiger partial charge in [-0.3, -0.25) is 19.6 Å². The van der Waals surface area contributed by atoms with Crippen molar-refractivity contribution in [1.29, 1.82) is 0 Å². The second-order valence-electron chi connectivity index (χ2n) is 20.4. The number of pyridine rings is 2. The molecule has 2 unspecified atom stereocenters. The lowest BCUT2D eigenvalue weighted by Gasteiger charge is -2.36. The number of aliphatic hydroxyl groups is 3. The first-order valence-electron chi connectivity index (χ1n) is 29.4. The average Bonchev–Trinajstić information content (AvgIpc) is 3.78. The molecule has 2 fully saturated rings. The van der Waals surface area contributed by atoms with E-state index in [9.17, 15) is 29.7 Å². The Morgan fingerprint density at radius 1 is 0.747 bits per heavy atom. The van der Waals surface area contributed by atoms with Crippen molar-refractivity contribution in [1.82, 2.24) is 35.6 Å². The van der Waals surface area contributed by atoms with E-state index in [0.717, 1.165) is 24.0 Å². The van der Waals surface area contributed by atoms with E-state index in [-0.39, 0.29) is 44.5 Å². The number of ether oxygens (including phenoxy) is 9. The number of unbranched alkanes of at least 4 members (excludes halogenated alkanes) is 2. The molecule has 4 heterocycles. The van der Waals surface area contributed by atoms with Crippen LogP contribution < -0.4 is 16.0 Å². The van der Waals surface area contributed by atoms with Gasteiger partial charge in [-0.15, -0.1) is 11.7 Å². The molecule has 1 aliphatic heterocycles. The summed E-state index contributed by atoms with van der Waals surface area (Å²) in [5.41, 5.74) is 4.20. The predicted molar refractivity (Wildman–Crippen MR) is 308 cm³/mol. The molecular weight excluding hydrogens is 1070 g/mol. The molecule has 2 aliphatic rings.